The van der Waals surface area contributed by atoms with Crippen molar-refractivity contribution >= 4 is 29.4 Å². The molecule has 37 heavy (non-hydrogen) atoms. The Morgan fingerprint density at radius 1 is 1.05 bits per heavy atom. The van der Waals surface area contributed by atoms with E-state index in [1.807, 2.05) is 54.6 Å². The number of ether oxygens (including phenoxy) is 1. The van der Waals surface area contributed by atoms with Gasteiger partial charge < -0.3 is 20.3 Å². The van der Waals surface area contributed by atoms with Gasteiger partial charge in [-0.25, -0.2) is 4.99 Å². The summed E-state index contributed by atoms with van der Waals surface area (Å²) in [6.45, 7) is 2.17. The van der Waals surface area contributed by atoms with Crippen molar-refractivity contribution in [1.82, 2.24) is 20.9 Å². The van der Waals surface area contributed by atoms with Gasteiger partial charge in [-0.2, -0.15) is 0 Å². The largest absolute Gasteiger partial charge is 0.457 e. The van der Waals surface area contributed by atoms with Crippen LogP contribution in [0.1, 0.15) is 25.7 Å². The van der Waals surface area contributed by atoms with Gasteiger partial charge in [-0.05, 0) is 50.1 Å². The Balaban J connectivity index is 1.09. The van der Waals surface area contributed by atoms with Crippen LogP contribution < -0.4 is 26.0 Å². The molecular weight excluding hydrogens is 472 g/mol. The fraction of sp³-hybridized carbons (Fsp3) is 0.407. The van der Waals surface area contributed by atoms with Crippen molar-refractivity contribution in [3.05, 3.63) is 54.6 Å². The first-order valence-corrected chi connectivity index (χ1v) is 12.7. The molecule has 1 heterocycles. The van der Waals surface area contributed by atoms with Gasteiger partial charge in [-0.3, -0.25) is 25.0 Å². The molecule has 0 spiro atoms. The molecule has 0 radical (unpaired) electrons. The number of nitrogens with zero attached hydrogens (tertiary/aromatic N) is 2. The molecule has 2 aromatic carbocycles. The molecule has 10 nitrogen and oxygen atoms in total. The minimum absolute atomic E-state index is 0.0237. The van der Waals surface area contributed by atoms with Crippen LogP contribution in [0.3, 0.4) is 0 Å². The van der Waals surface area contributed by atoms with Crippen molar-refractivity contribution in [2.45, 2.75) is 31.7 Å². The summed E-state index contributed by atoms with van der Waals surface area (Å²) in [5, 5.41) is 11.9. The Hall–Kier alpha value is -3.92. The fourth-order valence-corrected chi connectivity index (χ4v) is 3.84. The molecule has 1 aliphatic heterocycles. The minimum atomic E-state index is -0.681. The van der Waals surface area contributed by atoms with Gasteiger partial charge >= 0.3 is 0 Å². The quantitative estimate of drug-likeness (QED) is 0.327. The number of likely N-dealkylation sites (N-methyl/N-ethyl adjacent to an activating group) is 1. The predicted molar refractivity (Wildman–Crippen MR) is 141 cm³/mol. The monoisotopic (exact) mass is 506 g/mol. The Morgan fingerprint density at radius 2 is 1.84 bits per heavy atom. The van der Waals surface area contributed by atoms with Crippen LogP contribution >= 0.6 is 0 Å². The highest BCUT2D eigenvalue weighted by Gasteiger charge is 2.34. The number of guanidine groups is 1. The second kappa shape index (κ2) is 12.9. The Bertz CT molecular complexity index is 1120. The molecule has 196 valence electrons. The van der Waals surface area contributed by atoms with Gasteiger partial charge in [0.05, 0.1) is 6.54 Å². The van der Waals surface area contributed by atoms with Gasteiger partial charge in [0.2, 0.25) is 17.8 Å². The van der Waals surface area contributed by atoms with E-state index in [1.165, 1.54) is 4.90 Å². The number of amides is 3. The molecule has 1 fully saturated rings. The first kappa shape index (κ1) is 26.2. The zero-order valence-electron chi connectivity index (χ0n) is 21.0. The van der Waals surface area contributed by atoms with Crippen molar-refractivity contribution in [3.8, 4) is 11.5 Å². The predicted octanol–water partition coefficient (Wildman–Crippen LogP) is 2.10. The standard InChI is InChI=1S/C27H34N6O4/c1-33(23-18-30-27(32-26(23)36)31-25(35)19-11-12-19)24(34)13-16-28-14-6-15-29-20-7-5-10-22(17-20)37-21-8-3-2-4-9-21/h2-5,7-10,17,19,23,28-29H,6,11-16,18H2,1H3,(H2,30,31,32,35,36). The lowest BCUT2D eigenvalue weighted by Crippen LogP contribution is -2.57. The SMILES string of the molecule is CN(C(=O)CCNCCCNc1cccc(Oc2ccccc2)c1)C1CN=C(NC(=O)C2CC2)NC1=O. The molecule has 1 saturated carbocycles. The van der Waals surface area contributed by atoms with Crippen LogP contribution in [0.2, 0.25) is 0 Å². The number of aliphatic imine (C=N–C) groups is 1. The minimum Gasteiger partial charge on any atom is -0.457 e. The maximum Gasteiger partial charge on any atom is 0.251 e. The van der Waals surface area contributed by atoms with Gasteiger partial charge in [-0.1, -0.05) is 24.3 Å². The second-order valence-corrected chi connectivity index (χ2v) is 9.19. The van der Waals surface area contributed by atoms with Crippen molar-refractivity contribution in [1.29, 1.82) is 0 Å². The van der Waals surface area contributed by atoms with E-state index >= 15 is 0 Å². The lowest BCUT2D eigenvalue weighted by atomic mass is 10.2. The molecule has 1 atom stereocenters. The molecular formula is C27H34N6O4. The summed E-state index contributed by atoms with van der Waals surface area (Å²) < 4.78 is 5.86. The normalized spacial score (nSPS) is 16.8. The topological polar surface area (TPSA) is 124 Å². The van der Waals surface area contributed by atoms with E-state index in [2.05, 4.69) is 26.3 Å². The number of nitrogens with one attached hydrogen (secondary N) is 4. The number of anilines is 1. The average molecular weight is 507 g/mol. The Labute approximate surface area is 216 Å². The molecule has 1 aliphatic carbocycles. The second-order valence-electron chi connectivity index (χ2n) is 9.19. The molecule has 2 aliphatic rings. The van der Waals surface area contributed by atoms with Crippen molar-refractivity contribution in [2.24, 2.45) is 10.9 Å². The summed E-state index contributed by atoms with van der Waals surface area (Å²) in [7, 11) is 1.61. The maximum absolute atomic E-state index is 12.5. The Kier molecular flexibility index (Phi) is 9.09. The number of rotatable bonds is 12. The summed E-state index contributed by atoms with van der Waals surface area (Å²) in [6, 6.07) is 16.8. The average Bonchev–Trinajstić information content (AvgIpc) is 3.74. The third-order valence-electron chi connectivity index (χ3n) is 6.21. The highest BCUT2D eigenvalue weighted by atomic mass is 16.5. The summed E-state index contributed by atoms with van der Waals surface area (Å²) in [6.07, 6.45) is 2.90. The van der Waals surface area contributed by atoms with E-state index in [-0.39, 0.29) is 42.6 Å². The zero-order valence-corrected chi connectivity index (χ0v) is 21.0. The summed E-state index contributed by atoms with van der Waals surface area (Å²) in [5.74, 6) is 1.17. The number of carbonyl (C=O) groups is 3. The molecule has 0 aromatic heterocycles. The summed E-state index contributed by atoms with van der Waals surface area (Å²) in [4.78, 5) is 42.5. The summed E-state index contributed by atoms with van der Waals surface area (Å²) in [5.41, 5.74) is 0.980. The molecule has 0 bridgehead atoms. The van der Waals surface area contributed by atoms with Gasteiger partial charge in [0.1, 0.15) is 17.5 Å². The van der Waals surface area contributed by atoms with Gasteiger partial charge in [0, 0.05) is 44.2 Å². The smallest absolute Gasteiger partial charge is 0.251 e. The number of hydrogen-bond acceptors (Lipinski definition) is 7. The van der Waals surface area contributed by atoms with Crippen molar-refractivity contribution in [2.75, 3.05) is 38.5 Å². The zero-order chi connectivity index (χ0) is 26.0. The van der Waals surface area contributed by atoms with E-state index in [1.54, 1.807) is 7.05 Å². The van der Waals surface area contributed by atoms with Crippen LogP contribution in [0.4, 0.5) is 5.69 Å². The van der Waals surface area contributed by atoms with Crippen LogP contribution in [0, 0.1) is 5.92 Å². The molecule has 3 amide bonds. The van der Waals surface area contributed by atoms with Crippen molar-refractivity contribution < 1.29 is 19.1 Å². The third kappa shape index (κ3) is 8.04. The van der Waals surface area contributed by atoms with E-state index in [9.17, 15) is 14.4 Å². The van der Waals surface area contributed by atoms with Crippen molar-refractivity contribution in [3.63, 3.8) is 0 Å². The lowest BCUT2D eigenvalue weighted by Gasteiger charge is -2.29. The number of hydrogen-bond donors (Lipinski definition) is 4. The fourth-order valence-electron chi connectivity index (χ4n) is 3.84. The molecule has 1 unspecified atom stereocenters. The third-order valence-corrected chi connectivity index (χ3v) is 6.21. The van der Waals surface area contributed by atoms with E-state index < -0.39 is 6.04 Å². The maximum atomic E-state index is 12.5. The molecule has 4 rings (SSSR count). The highest BCUT2D eigenvalue weighted by molar-refractivity contribution is 6.08. The Morgan fingerprint density at radius 3 is 2.59 bits per heavy atom. The summed E-state index contributed by atoms with van der Waals surface area (Å²) >= 11 is 0. The number of benzene rings is 2. The van der Waals surface area contributed by atoms with Crippen LogP contribution in [0.5, 0.6) is 11.5 Å². The van der Waals surface area contributed by atoms with Crippen LogP contribution in [0.25, 0.3) is 0 Å². The van der Waals surface area contributed by atoms with Gasteiger partial charge in [0.15, 0.2) is 0 Å². The van der Waals surface area contributed by atoms with Gasteiger partial charge in [-0.15, -0.1) is 0 Å². The van der Waals surface area contributed by atoms with Gasteiger partial charge in [0.25, 0.3) is 5.91 Å². The van der Waals surface area contributed by atoms with E-state index in [4.69, 9.17) is 4.74 Å². The number of para-hydroxylation sites is 1. The van der Waals surface area contributed by atoms with E-state index in [0.717, 1.165) is 49.5 Å². The van der Waals surface area contributed by atoms with Crippen LogP contribution in [0.15, 0.2) is 59.6 Å². The first-order chi connectivity index (χ1) is 18.0. The lowest BCUT2D eigenvalue weighted by molar-refractivity contribution is -0.138. The molecule has 10 heteroatoms. The highest BCUT2D eigenvalue weighted by Crippen LogP contribution is 2.28. The van der Waals surface area contributed by atoms with Crippen LogP contribution in [-0.4, -0.2) is 67.8 Å². The molecule has 4 N–H and O–H groups in total. The first-order valence-electron chi connectivity index (χ1n) is 12.7. The molecule has 2 aromatic rings. The number of carbonyl (C=O) groups excluding carboxylic acids is 3. The van der Waals surface area contributed by atoms with E-state index in [0.29, 0.717) is 6.54 Å². The molecule has 0 saturated heterocycles. The van der Waals surface area contributed by atoms with Crippen LogP contribution in [-0.2, 0) is 14.4 Å².